The van der Waals surface area contributed by atoms with E-state index in [0.29, 0.717) is 68.6 Å². The van der Waals surface area contributed by atoms with E-state index in [-0.39, 0.29) is 23.3 Å². The molecule has 2 aliphatic rings. The minimum Gasteiger partial charge on any atom is -0.377 e. The maximum Gasteiger partial charge on any atom is 0.433 e. The van der Waals surface area contributed by atoms with Crippen molar-refractivity contribution in [2.45, 2.75) is 44.9 Å². The van der Waals surface area contributed by atoms with Crippen LogP contribution < -0.4 is 10.2 Å². The van der Waals surface area contributed by atoms with Gasteiger partial charge in [0.2, 0.25) is 0 Å². The van der Waals surface area contributed by atoms with Crippen molar-refractivity contribution in [3.05, 3.63) is 42.1 Å². The lowest BCUT2D eigenvalue weighted by Gasteiger charge is -2.34. The molecule has 4 aromatic rings. The summed E-state index contributed by atoms with van der Waals surface area (Å²) in [6, 6.07) is 3.21. The van der Waals surface area contributed by atoms with Gasteiger partial charge in [0.05, 0.1) is 54.0 Å². The van der Waals surface area contributed by atoms with Crippen LogP contribution in [-0.2, 0) is 10.9 Å². The molecule has 0 amide bonds. The first-order valence-electron chi connectivity index (χ1n) is 12.8. The van der Waals surface area contributed by atoms with Gasteiger partial charge in [-0.3, -0.25) is 9.67 Å². The van der Waals surface area contributed by atoms with Crippen molar-refractivity contribution in [3.63, 3.8) is 0 Å². The number of aryl methyl sites for hydroxylation is 1. The van der Waals surface area contributed by atoms with E-state index in [9.17, 15) is 13.2 Å². The highest BCUT2D eigenvalue weighted by Crippen LogP contribution is 2.42. The van der Waals surface area contributed by atoms with Crippen molar-refractivity contribution in [3.8, 4) is 22.6 Å². The molecule has 2 N–H and O–H groups in total. The lowest BCUT2D eigenvalue weighted by atomic mass is 10.0. The van der Waals surface area contributed by atoms with E-state index in [0.717, 1.165) is 10.9 Å². The number of H-pyrrole nitrogens is 1. The van der Waals surface area contributed by atoms with E-state index in [4.69, 9.17) is 14.7 Å². The number of aromatic nitrogens is 6. The van der Waals surface area contributed by atoms with E-state index in [1.54, 1.807) is 31.6 Å². The molecular formula is C26H29F3N8O. The fourth-order valence-corrected chi connectivity index (χ4v) is 5.50. The molecule has 0 saturated carbocycles. The molecule has 38 heavy (non-hydrogen) atoms. The smallest absolute Gasteiger partial charge is 0.377 e. The Labute approximate surface area is 217 Å². The van der Waals surface area contributed by atoms with E-state index in [2.05, 4.69) is 25.3 Å². The van der Waals surface area contributed by atoms with E-state index in [1.807, 2.05) is 13.0 Å². The van der Waals surface area contributed by atoms with Crippen LogP contribution in [0.2, 0.25) is 0 Å². The summed E-state index contributed by atoms with van der Waals surface area (Å²) in [6.07, 6.45) is 1.69. The third-order valence-corrected chi connectivity index (χ3v) is 7.36. The lowest BCUT2D eigenvalue weighted by Crippen LogP contribution is -2.44. The van der Waals surface area contributed by atoms with Crippen molar-refractivity contribution in [1.29, 1.82) is 0 Å². The third-order valence-electron chi connectivity index (χ3n) is 7.36. The first-order chi connectivity index (χ1) is 18.3. The third kappa shape index (κ3) is 4.41. The molecule has 0 aromatic carbocycles. The van der Waals surface area contributed by atoms with Gasteiger partial charge in [-0.2, -0.15) is 18.3 Å². The molecule has 200 valence electrons. The summed E-state index contributed by atoms with van der Waals surface area (Å²) in [5.41, 5.74) is 1.16. The lowest BCUT2D eigenvalue weighted by molar-refractivity contribution is -0.144. The number of hydrogen-bond acceptors (Lipinski definition) is 7. The maximum atomic E-state index is 14.7. The molecule has 0 bridgehead atoms. The van der Waals surface area contributed by atoms with Gasteiger partial charge in [0.15, 0.2) is 11.5 Å². The van der Waals surface area contributed by atoms with Crippen LogP contribution in [0, 0.1) is 6.92 Å². The number of hydrogen-bond donors (Lipinski definition) is 2. The Morgan fingerprint density at radius 2 is 1.95 bits per heavy atom. The predicted molar refractivity (Wildman–Crippen MR) is 137 cm³/mol. The average Bonchev–Trinajstić information content (AvgIpc) is 3.53. The van der Waals surface area contributed by atoms with Gasteiger partial charge in [-0.1, -0.05) is 0 Å². The summed E-state index contributed by atoms with van der Waals surface area (Å²) >= 11 is 0. The number of morpholine rings is 1. The number of nitrogens with zero attached hydrogens (tertiary/aromatic N) is 6. The zero-order valence-electron chi connectivity index (χ0n) is 21.2. The van der Waals surface area contributed by atoms with Crippen LogP contribution in [0.3, 0.4) is 0 Å². The number of ether oxygens (including phenoxy) is 1. The normalized spacial score (nSPS) is 19.4. The van der Waals surface area contributed by atoms with Crippen molar-refractivity contribution in [2.24, 2.45) is 0 Å². The van der Waals surface area contributed by atoms with Crippen LogP contribution in [0.4, 0.5) is 19.0 Å². The molecule has 2 aliphatic heterocycles. The molecule has 0 unspecified atom stereocenters. The number of pyridine rings is 1. The van der Waals surface area contributed by atoms with Gasteiger partial charge >= 0.3 is 6.18 Å². The summed E-state index contributed by atoms with van der Waals surface area (Å²) in [5, 5.41) is 8.49. The Kier molecular flexibility index (Phi) is 6.31. The van der Waals surface area contributed by atoms with Gasteiger partial charge in [0.1, 0.15) is 5.82 Å². The molecule has 6 heterocycles. The number of alkyl halides is 3. The second kappa shape index (κ2) is 9.66. The SMILES string of the molecule is Cc1nn(C2CCNCC2)c(C(F)(F)F)c1-c1cc(N2CCOC[C@H]2C)nc(-c2cncc3[nH]ccc23)n1. The molecule has 0 radical (unpaired) electrons. The zero-order valence-corrected chi connectivity index (χ0v) is 21.2. The maximum absolute atomic E-state index is 14.7. The molecule has 9 nitrogen and oxygen atoms in total. The standard InChI is InChI=1S/C26H29F3N8O/c1-15-14-38-10-9-36(15)22-11-20(33-25(34-22)19-12-31-13-21-18(19)5-8-32-21)23-16(2)35-37(24(23)26(27,28)29)17-3-6-30-7-4-17/h5,8,11-13,15,17,30,32H,3-4,6-7,9-10,14H2,1-2H3/t15-/m1/s1. The highest BCUT2D eigenvalue weighted by atomic mass is 19.4. The number of nitrogens with one attached hydrogen (secondary N) is 2. The number of rotatable bonds is 4. The van der Waals surface area contributed by atoms with Crippen LogP contribution in [0.15, 0.2) is 30.7 Å². The Balaban J connectivity index is 1.58. The highest BCUT2D eigenvalue weighted by Gasteiger charge is 2.42. The summed E-state index contributed by atoms with van der Waals surface area (Å²) in [4.78, 5) is 19.1. The Hall–Kier alpha value is -3.51. The Morgan fingerprint density at radius 1 is 1.13 bits per heavy atom. The summed E-state index contributed by atoms with van der Waals surface area (Å²) in [5.74, 6) is 0.867. The van der Waals surface area contributed by atoms with Gasteiger partial charge in [-0.05, 0) is 45.8 Å². The van der Waals surface area contributed by atoms with Crippen molar-refractivity contribution in [2.75, 3.05) is 37.7 Å². The number of fused-ring (bicyclic) bond motifs is 1. The largest absolute Gasteiger partial charge is 0.433 e. The van der Waals surface area contributed by atoms with Crippen molar-refractivity contribution in [1.82, 2.24) is 35.0 Å². The first kappa shape index (κ1) is 24.8. The van der Waals surface area contributed by atoms with Crippen LogP contribution in [0.25, 0.3) is 33.5 Å². The van der Waals surface area contributed by atoms with Gasteiger partial charge in [0.25, 0.3) is 0 Å². The van der Waals surface area contributed by atoms with Gasteiger partial charge < -0.3 is 19.9 Å². The molecule has 0 spiro atoms. The fourth-order valence-electron chi connectivity index (χ4n) is 5.50. The number of anilines is 1. The number of halogens is 3. The van der Waals surface area contributed by atoms with Crippen LogP contribution in [0.1, 0.15) is 37.2 Å². The monoisotopic (exact) mass is 526 g/mol. The van der Waals surface area contributed by atoms with Crippen LogP contribution >= 0.6 is 0 Å². The van der Waals surface area contributed by atoms with Crippen LogP contribution in [-0.4, -0.2) is 68.6 Å². The molecule has 12 heteroatoms. The van der Waals surface area contributed by atoms with Gasteiger partial charge in [-0.25, -0.2) is 9.97 Å². The zero-order chi connectivity index (χ0) is 26.4. The topological polar surface area (TPSA) is 96.8 Å². The van der Waals surface area contributed by atoms with E-state index >= 15 is 0 Å². The summed E-state index contributed by atoms with van der Waals surface area (Å²) in [7, 11) is 0. The minimum absolute atomic E-state index is 0.00108. The highest BCUT2D eigenvalue weighted by molar-refractivity contribution is 5.92. The second-order valence-electron chi connectivity index (χ2n) is 9.91. The Morgan fingerprint density at radius 3 is 2.71 bits per heavy atom. The molecule has 2 fully saturated rings. The molecule has 0 aliphatic carbocycles. The van der Waals surface area contributed by atoms with Gasteiger partial charge in [-0.15, -0.1) is 0 Å². The van der Waals surface area contributed by atoms with E-state index < -0.39 is 11.9 Å². The molecule has 2 saturated heterocycles. The number of aromatic amines is 1. The summed E-state index contributed by atoms with van der Waals surface area (Å²) < 4.78 is 50.9. The quantitative estimate of drug-likeness (QED) is 0.408. The molecule has 4 aromatic heterocycles. The first-order valence-corrected chi connectivity index (χ1v) is 12.8. The second-order valence-corrected chi connectivity index (χ2v) is 9.91. The average molecular weight is 527 g/mol. The van der Waals surface area contributed by atoms with Crippen molar-refractivity contribution >= 4 is 16.7 Å². The van der Waals surface area contributed by atoms with E-state index in [1.165, 1.54) is 4.68 Å². The van der Waals surface area contributed by atoms with Gasteiger partial charge in [0, 0.05) is 36.0 Å². The van der Waals surface area contributed by atoms with Crippen LogP contribution in [0.5, 0.6) is 0 Å². The molecular weight excluding hydrogens is 497 g/mol. The molecule has 1 atom stereocenters. The predicted octanol–water partition coefficient (Wildman–Crippen LogP) is 4.36. The van der Waals surface area contributed by atoms with Crippen molar-refractivity contribution < 1.29 is 17.9 Å². The number of piperidine rings is 1. The summed E-state index contributed by atoms with van der Waals surface area (Å²) in [6.45, 7) is 6.52. The Bertz CT molecular complexity index is 1460. The minimum atomic E-state index is -4.61. The fraction of sp³-hybridized carbons (Fsp3) is 0.462. The molecule has 6 rings (SSSR count).